The van der Waals surface area contributed by atoms with E-state index in [0.29, 0.717) is 0 Å². The van der Waals surface area contributed by atoms with E-state index in [0.717, 1.165) is 6.54 Å². The summed E-state index contributed by atoms with van der Waals surface area (Å²) < 4.78 is 0. The van der Waals surface area contributed by atoms with Gasteiger partial charge < -0.3 is 5.73 Å². The minimum absolute atomic E-state index is 0. The Labute approximate surface area is 61.6 Å². The van der Waals surface area contributed by atoms with Crippen LogP contribution in [0.5, 0.6) is 0 Å². The van der Waals surface area contributed by atoms with Crippen molar-refractivity contribution in [3.8, 4) is 0 Å². The molecule has 0 heterocycles. The van der Waals surface area contributed by atoms with Crippen LogP contribution in [-0.2, 0) is 0 Å². The van der Waals surface area contributed by atoms with Gasteiger partial charge in [-0.1, -0.05) is 13.3 Å². The number of rotatable bonds is 2. The summed E-state index contributed by atoms with van der Waals surface area (Å²) in [7, 11) is 0. The van der Waals surface area contributed by atoms with E-state index in [9.17, 15) is 0 Å². The molecule has 32 valence electrons. The summed E-state index contributed by atoms with van der Waals surface area (Å²) in [4.78, 5) is 0. The molecule has 0 rings (SSSR count). The Balaban J connectivity index is 0. The molecule has 0 aromatic heterocycles. The van der Waals surface area contributed by atoms with Crippen molar-refractivity contribution in [3.05, 3.63) is 0 Å². The van der Waals surface area contributed by atoms with Gasteiger partial charge in [-0.05, 0) is 13.0 Å². The molecule has 2 heteroatoms. The van der Waals surface area contributed by atoms with Gasteiger partial charge in [-0.25, -0.2) is 0 Å². The van der Waals surface area contributed by atoms with Crippen molar-refractivity contribution in [2.45, 2.75) is 19.8 Å². The van der Waals surface area contributed by atoms with Gasteiger partial charge in [0.25, 0.3) is 0 Å². The first-order valence-electron chi connectivity index (χ1n) is 2.12. The standard InChI is InChI=1S/C4H11N.Na/c1-2-3-4-5;/h2-5H2,1H3;/q;+1. The van der Waals surface area contributed by atoms with Crippen LogP contribution in [0.1, 0.15) is 19.8 Å². The van der Waals surface area contributed by atoms with Gasteiger partial charge in [-0.15, -0.1) is 0 Å². The second kappa shape index (κ2) is 9.35. The van der Waals surface area contributed by atoms with Crippen molar-refractivity contribution in [1.82, 2.24) is 0 Å². The summed E-state index contributed by atoms with van der Waals surface area (Å²) in [6, 6.07) is 0. The van der Waals surface area contributed by atoms with Gasteiger partial charge in [0.2, 0.25) is 0 Å². The van der Waals surface area contributed by atoms with E-state index in [1.807, 2.05) is 0 Å². The van der Waals surface area contributed by atoms with Gasteiger partial charge in [0, 0.05) is 0 Å². The van der Waals surface area contributed by atoms with Gasteiger partial charge in [0.1, 0.15) is 0 Å². The predicted octanol–water partition coefficient (Wildman–Crippen LogP) is -2.25. The number of hydrogen-bond acceptors (Lipinski definition) is 1. The molecule has 0 atom stereocenters. The predicted molar refractivity (Wildman–Crippen MR) is 24.0 cm³/mol. The molecule has 0 aliphatic heterocycles. The van der Waals surface area contributed by atoms with Gasteiger partial charge in [0.15, 0.2) is 0 Å². The minimum Gasteiger partial charge on any atom is -0.330 e. The Morgan fingerprint density at radius 1 is 1.50 bits per heavy atom. The molecule has 1 nitrogen and oxygen atoms in total. The summed E-state index contributed by atoms with van der Waals surface area (Å²) in [5.41, 5.74) is 5.14. The maximum Gasteiger partial charge on any atom is 1.00 e. The largest absolute Gasteiger partial charge is 1.00 e. The fourth-order valence-electron chi connectivity index (χ4n) is 0.204. The molecule has 0 unspecified atom stereocenters. The third-order valence-electron chi connectivity index (χ3n) is 0.558. The molecule has 0 spiro atoms. The molecule has 0 aliphatic rings. The molecular weight excluding hydrogens is 85.0 g/mol. The summed E-state index contributed by atoms with van der Waals surface area (Å²) in [6.45, 7) is 2.98. The monoisotopic (exact) mass is 96.1 g/mol. The molecule has 0 saturated carbocycles. The van der Waals surface area contributed by atoms with Crippen LogP contribution in [0.15, 0.2) is 0 Å². The van der Waals surface area contributed by atoms with E-state index < -0.39 is 0 Å². The van der Waals surface area contributed by atoms with E-state index in [4.69, 9.17) is 5.73 Å². The normalized spacial score (nSPS) is 7.00. The van der Waals surface area contributed by atoms with E-state index in [-0.39, 0.29) is 29.6 Å². The van der Waals surface area contributed by atoms with Crippen LogP contribution in [0.2, 0.25) is 0 Å². The number of unbranched alkanes of at least 4 members (excludes halogenated alkanes) is 1. The van der Waals surface area contributed by atoms with Crippen LogP contribution >= 0.6 is 0 Å². The molecule has 0 amide bonds. The quantitative estimate of drug-likeness (QED) is 0.386. The second-order valence-electron chi connectivity index (χ2n) is 1.14. The molecule has 0 saturated heterocycles. The number of hydrogen-bond donors (Lipinski definition) is 1. The summed E-state index contributed by atoms with van der Waals surface area (Å²) in [6.07, 6.45) is 2.39. The molecule has 6 heavy (non-hydrogen) atoms. The third-order valence-corrected chi connectivity index (χ3v) is 0.558. The Morgan fingerprint density at radius 3 is 2.00 bits per heavy atom. The molecule has 0 aromatic carbocycles. The Kier molecular flexibility index (Phi) is 15.7. The van der Waals surface area contributed by atoms with Crippen LogP contribution in [0.4, 0.5) is 0 Å². The zero-order chi connectivity index (χ0) is 4.12. The van der Waals surface area contributed by atoms with Crippen molar-refractivity contribution in [3.63, 3.8) is 0 Å². The molecule has 0 fully saturated rings. The summed E-state index contributed by atoms with van der Waals surface area (Å²) in [5, 5.41) is 0. The van der Waals surface area contributed by atoms with Crippen molar-refractivity contribution < 1.29 is 29.6 Å². The molecule has 0 aliphatic carbocycles. The van der Waals surface area contributed by atoms with Crippen LogP contribution in [0, 0.1) is 0 Å². The topological polar surface area (TPSA) is 26.0 Å². The van der Waals surface area contributed by atoms with Crippen molar-refractivity contribution in [1.29, 1.82) is 0 Å². The van der Waals surface area contributed by atoms with Gasteiger partial charge in [-0.3, -0.25) is 0 Å². The fraction of sp³-hybridized carbons (Fsp3) is 1.00. The molecular formula is C4H11NNa+. The molecule has 0 radical (unpaired) electrons. The average molecular weight is 96.1 g/mol. The SMILES string of the molecule is CCCCN.[Na+]. The van der Waals surface area contributed by atoms with Gasteiger partial charge in [-0.2, -0.15) is 0 Å². The minimum atomic E-state index is 0. The van der Waals surface area contributed by atoms with E-state index in [2.05, 4.69) is 6.92 Å². The van der Waals surface area contributed by atoms with Crippen molar-refractivity contribution in [2.24, 2.45) is 5.73 Å². The third kappa shape index (κ3) is 8.88. The fourth-order valence-corrected chi connectivity index (χ4v) is 0.204. The first-order chi connectivity index (χ1) is 2.41. The van der Waals surface area contributed by atoms with Crippen molar-refractivity contribution in [2.75, 3.05) is 6.54 Å². The summed E-state index contributed by atoms with van der Waals surface area (Å²) >= 11 is 0. The molecule has 2 N–H and O–H groups in total. The molecule has 0 aromatic rings. The average Bonchev–Trinajstić information content (AvgIpc) is 1.41. The Morgan fingerprint density at radius 2 is 2.00 bits per heavy atom. The zero-order valence-electron chi connectivity index (χ0n) is 4.70. The van der Waals surface area contributed by atoms with Gasteiger partial charge in [0.05, 0.1) is 0 Å². The van der Waals surface area contributed by atoms with E-state index in [1.54, 1.807) is 0 Å². The first-order valence-corrected chi connectivity index (χ1v) is 2.12. The maximum absolute atomic E-state index is 5.14. The van der Waals surface area contributed by atoms with Crippen LogP contribution in [0.3, 0.4) is 0 Å². The van der Waals surface area contributed by atoms with Crippen LogP contribution in [-0.4, -0.2) is 6.54 Å². The second-order valence-corrected chi connectivity index (χ2v) is 1.14. The zero-order valence-corrected chi connectivity index (χ0v) is 6.70. The smallest absolute Gasteiger partial charge is 0.330 e. The molecule has 0 bridgehead atoms. The van der Waals surface area contributed by atoms with Crippen molar-refractivity contribution >= 4 is 0 Å². The van der Waals surface area contributed by atoms with E-state index in [1.165, 1.54) is 12.8 Å². The maximum atomic E-state index is 5.14. The van der Waals surface area contributed by atoms with Gasteiger partial charge >= 0.3 is 29.6 Å². The Bertz CT molecular complexity index is 15.0. The summed E-state index contributed by atoms with van der Waals surface area (Å²) in [5.74, 6) is 0. The Hall–Kier alpha value is 0.960. The first kappa shape index (κ1) is 10.0. The van der Waals surface area contributed by atoms with Crippen LogP contribution < -0.4 is 35.3 Å². The van der Waals surface area contributed by atoms with Crippen LogP contribution in [0.25, 0.3) is 0 Å². The van der Waals surface area contributed by atoms with E-state index >= 15 is 0 Å². The number of nitrogens with two attached hydrogens (primary N) is 1.